The number of halogens is 2. The number of alkyl carbamates (subject to hydrolysis) is 1. The number of nitrogens with one attached hydrogen (secondary N) is 2. The molecule has 0 radical (unpaired) electrons. The van der Waals surface area contributed by atoms with Crippen LogP contribution in [0.4, 0.5) is 19.3 Å². The SMILES string of the molecule is CC(C)(C)OC(=O)N[C@H]1CCN(S(=O)(=O)c2cccc(CN3CCN(c4cc5c(cc4F)C(=O)N(C4CCC(=O)NC4=O)C5O)CC3)c2)C[C@H]1F. The Morgan fingerprint density at radius 2 is 1.78 bits per heavy atom. The van der Waals surface area contributed by atoms with E-state index in [0.29, 0.717) is 32.7 Å². The number of anilines is 1. The number of aliphatic hydroxyl groups excluding tert-OH is 1. The molecular formula is C34H42F2N6O8S. The molecule has 0 aliphatic carbocycles. The van der Waals surface area contributed by atoms with Gasteiger partial charge in [0, 0.05) is 57.8 Å². The van der Waals surface area contributed by atoms with Crippen LogP contribution in [0.3, 0.4) is 0 Å². The Hall–Kier alpha value is -4.19. The van der Waals surface area contributed by atoms with Gasteiger partial charge in [0.2, 0.25) is 21.8 Å². The first-order valence-electron chi connectivity index (χ1n) is 16.9. The zero-order chi connectivity index (χ0) is 36.8. The smallest absolute Gasteiger partial charge is 0.407 e. The summed E-state index contributed by atoms with van der Waals surface area (Å²) in [6, 6.07) is 7.04. The number of nitrogens with zero attached hydrogens (tertiary/aromatic N) is 4. The quantitative estimate of drug-likeness (QED) is 0.359. The second-order valence-corrected chi connectivity index (χ2v) is 16.2. The van der Waals surface area contributed by atoms with Gasteiger partial charge in [-0.1, -0.05) is 12.1 Å². The molecule has 6 rings (SSSR count). The average Bonchev–Trinajstić information content (AvgIpc) is 3.29. The number of carbonyl (C=O) groups is 4. The highest BCUT2D eigenvalue weighted by Gasteiger charge is 2.45. The lowest BCUT2D eigenvalue weighted by molar-refractivity contribution is -0.139. The van der Waals surface area contributed by atoms with Crippen molar-refractivity contribution in [3.8, 4) is 0 Å². The summed E-state index contributed by atoms with van der Waals surface area (Å²) in [6.45, 7) is 6.90. The van der Waals surface area contributed by atoms with E-state index in [-0.39, 0.29) is 47.5 Å². The monoisotopic (exact) mass is 732 g/mol. The molecule has 3 N–H and O–H groups in total. The Balaban J connectivity index is 1.06. The summed E-state index contributed by atoms with van der Waals surface area (Å²) in [5, 5.41) is 15.7. The molecule has 0 saturated carbocycles. The number of alkyl halides is 1. The average molecular weight is 733 g/mol. The van der Waals surface area contributed by atoms with Crippen LogP contribution in [-0.4, -0.2) is 115 Å². The van der Waals surface area contributed by atoms with Crippen LogP contribution in [0, 0.1) is 5.82 Å². The van der Waals surface area contributed by atoms with E-state index in [1.165, 1.54) is 12.1 Å². The van der Waals surface area contributed by atoms with Crippen molar-refractivity contribution in [1.82, 2.24) is 24.7 Å². The highest BCUT2D eigenvalue weighted by atomic mass is 32.2. The van der Waals surface area contributed by atoms with Crippen molar-refractivity contribution in [2.45, 2.75) is 81.6 Å². The number of amides is 4. The van der Waals surface area contributed by atoms with Gasteiger partial charge in [-0.15, -0.1) is 0 Å². The number of benzene rings is 2. The van der Waals surface area contributed by atoms with Crippen molar-refractivity contribution >= 4 is 39.5 Å². The number of aliphatic hydroxyl groups is 1. The summed E-state index contributed by atoms with van der Waals surface area (Å²) >= 11 is 0. The topological polar surface area (TPSA) is 169 Å². The zero-order valence-corrected chi connectivity index (χ0v) is 29.4. The molecule has 4 heterocycles. The van der Waals surface area contributed by atoms with Crippen LogP contribution >= 0.6 is 0 Å². The number of rotatable bonds is 7. The fourth-order valence-electron chi connectivity index (χ4n) is 6.95. The summed E-state index contributed by atoms with van der Waals surface area (Å²) in [6.07, 6.45) is -3.70. The van der Waals surface area contributed by atoms with E-state index in [0.717, 1.165) is 20.8 Å². The lowest BCUT2D eigenvalue weighted by Crippen LogP contribution is -2.54. The number of fused-ring (bicyclic) bond motifs is 1. The zero-order valence-electron chi connectivity index (χ0n) is 28.6. The Labute approximate surface area is 294 Å². The molecule has 0 spiro atoms. The van der Waals surface area contributed by atoms with Gasteiger partial charge in [0.05, 0.1) is 22.2 Å². The van der Waals surface area contributed by atoms with Gasteiger partial charge < -0.3 is 20.1 Å². The van der Waals surface area contributed by atoms with Gasteiger partial charge >= 0.3 is 6.09 Å². The van der Waals surface area contributed by atoms with E-state index in [1.54, 1.807) is 43.9 Å². The number of piperazine rings is 1. The molecule has 4 aliphatic heterocycles. The minimum Gasteiger partial charge on any atom is -0.444 e. The second kappa shape index (κ2) is 14.1. The third kappa shape index (κ3) is 7.71. The van der Waals surface area contributed by atoms with Crippen LogP contribution < -0.4 is 15.5 Å². The molecule has 4 amide bonds. The maximum Gasteiger partial charge on any atom is 0.407 e. The maximum atomic E-state index is 15.4. The van der Waals surface area contributed by atoms with Crippen molar-refractivity contribution in [1.29, 1.82) is 0 Å². The molecule has 276 valence electrons. The standard InChI is InChI=1S/C34H42F2N6O8S/c1-34(2,3)50-33(47)37-26-9-10-41(19-25(26)36)51(48,49)21-6-4-5-20(15-21)18-39-11-13-40(14-12-39)28-17-23-22(16-24(28)35)31(45)42(32(23)46)27-7-8-29(43)38-30(27)44/h4-6,15-17,25-27,32,46H,7-14,18-19H2,1-3H3,(H,37,47)(H,38,43,44)/t25-,26+,27?,32?/m1/s1. The molecule has 0 bridgehead atoms. The third-order valence-corrected chi connectivity index (χ3v) is 11.4. The molecule has 3 fully saturated rings. The molecular weight excluding hydrogens is 690 g/mol. The van der Waals surface area contributed by atoms with Crippen molar-refractivity contribution in [2.75, 3.05) is 44.2 Å². The number of ether oxygens (including phenoxy) is 1. The number of hydrogen-bond acceptors (Lipinski definition) is 10. The van der Waals surface area contributed by atoms with E-state index in [2.05, 4.69) is 15.5 Å². The lowest BCUT2D eigenvalue weighted by atomic mass is 10.0. The molecule has 0 aromatic heterocycles. The predicted molar refractivity (Wildman–Crippen MR) is 179 cm³/mol. The minimum atomic E-state index is -4.02. The molecule has 2 unspecified atom stereocenters. The van der Waals surface area contributed by atoms with Crippen molar-refractivity contribution < 1.29 is 46.2 Å². The fourth-order valence-corrected chi connectivity index (χ4v) is 8.49. The number of piperidine rings is 2. The molecule has 2 aromatic rings. The number of hydrogen-bond donors (Lipinski definition) is 3. The summed E-state index contributed by atoms with van der Waals surface area (Å²) in [5.41, 5.74) is 0.322. The number of sulfonamides is 1. The third-order valence-electron chi connectivity index (χ3n) is 9.53. The summed E-state index contributed by atoms with van der Waals surface area (Å²) in [4.78, 5) is 54.1. The van der Waals surface area contributed by atoms with Crippen LogP contribution in [0.1, 0.15) is 67.7 Å². The van der Waals surface area contributed by atoms with Gasteiger partial charge in [-0.2, -0.15) is 4.31 Å². The predicted octanol–water partition coefficient (Wildman–Crippen LogP) is 2.03. The van der Waals surface area contributed by atoms with Crippen molar-refractivity contribution in [2.24, 2.45) is 0 Å². The van der Waals surface area contributed by atoms with Gasteiger partial charge in [-0.3, -0.25) is 29.5 Å². The molecule has 4 aliphatic rings. The van der Waals surface area contributed by atoms with E-state index < -0.39 is 76.3 Å². The van der Waals surface area contributed by atoms with Crippen LogP contribution in [0.25, 0.3) is 0 Å². The Bertz CT molecular complexity index is 1830. The first-order chi connectivity index (χ1) is 24.0. The minimum absolute atomic E-state index is 0.0161. The molecule has 4 atom stereocenters. The molecule has 3 saturated heterocycles. The van der Waals surface area contributed by atoms with Crippen LogP contribution in [0.15, 0.2) is 41.3 Å². The number of imide groups is 1. The van der Waals surface area contributed by atoms with Gasteiger partial charge in [0.25, 0.3) is 5.91 Å². The highest BCUT2D eigenvalue weighted by Crippen LogP contribution is 2.39. The summed E-state index contributed by atoms with van der Waals surface area (Å²) in [7, 11) is -4.02. The Morgan fingerprint density at radius 1 is 1.06 bits per heavy atom. The van der Waals surface area contributed by atoms with E-state index in [1.807, 2.05) is 0 Å². The first-order valence-corrected chi connectivity index (χ1v) is 18.3. The molecule has 17 heteroatoms. The van der Waals surface area contributed by atoms with Gasteiger partial charge in [0.1, 0.15) is 23.6 Å². The van der Waals surface area contributed by atoms with E-state index in [9.17, 15) is 32.7 Å². The van der Waals surface area contributed by atoms with Gasteiger partial charge in [-0.05, 0) is 63.4 Å². The van der Waals surface area contributed by atoms with Crippen LogP contribution in [0.5, 0.6) is 0 Å². The fraction of sp³-hybridized carbons (Fsp3) is 0.529. The summed E-state index contributed by atoms with van der Waals surface area (Å²) in [5.74, 6) is -2.48. The number of carbonyl (C=O) groups excluding carboxylic acids is 4. The summed E-state index contributed by atoms with van der Waals surface area (Å²) < 4.78 is 63.8. The van der Waals surface area contributed by atoms with Gasteiger partial charge in [0.15, 0.2) is 6.23 Å². The van der Waals surface area contributed by atoms with E-state index in [4.69, 9.17) is 4.74 Å². The second-order valence-electron chi connectivity index (χ2n) is 14.3. The van der Waals surface area contributed by atoms with Crippen LogP contribution in [-0.2, 0) is 30.9 Å². The van der Waals surface area contributed by atoms with Crippen molar-refractivity contribution in [3.63, 3.8) is 0 Å². The maximum absolute atomic E-state index is 15.4. The van der Waals surface area contributed by atoms with Crippen LogP contribution in [0.2, 0.25) is 0 Å². The Morgan fingerprint density at radius 3 is 2.45 bits per heavy atom. The highest BCUT2D eigenvalue weighted by molar-refractivity contribution is 7.89. The normalized spacial score (nSPS) is 25.1. The first kappa shape index (κ1) is 36.6. The molecule has 2 aromatic carbocycles. The lowest BCUT2D eigenvalue weighted by Gasteiger charge is -2.36. The van der Waals surface area contributed by atoms with E-state index >= 15 is 8.78 Å². The van der Waals surface area contributed by atoms with Crippen molar-refractivity contribution in [3.05, 3.63) is 58.9 Å². The van der Waals surface area contributed by atoms with Gasteiger partial charge in [-0.25, -0.2) is 22.0 Å². The largest absolute Gasteiger partial charge is 0.444 e. The molecule has 14 nitrogen and oxygen atoms in total. The Kier molecular flexibility index (Phi) is 10.1. The molecule has 51 heavy (non-hydrogen) atoms.